The molecule has 0 saturated carbocycles. The van der Waals surface area contributed by atoms with Crippen molar-refractivity contribution in [2.45, 2.75) is 13.0 Å². The first kappa shape index (κ1) is 11.1. The van der Waals surface area contributed by atoms with Crippen molar-refractivity contribution >= 4 is 0 Å². The molecule has 1 aliphatic heterocycles. The Balaban J connectivity index is 2.22. The number of rotatable bonds is 2. The van der Waals surface area contributed by atoms with Gasteiger partial charge >= 0.3 is 0 Å². The van der Waals surface area contributed by atoms with E-state index in [0.717, 1.165) is 37.4 Å². The zero-order valence-electron chi connectivity index (χ0n) is 9.61. The highest BCUT2D eigenvalue weighted by Crippen LogP contribution is 2.21. The van der Waals surface area contributed by atoms with Gasteiger partial charge in [-0.3, -0.25) is 9.88 Å². The second-order valence-corrected chi connectivity index (χ2v) is 4.03. The molecular weight excluding hydrogens is 198 g/mol. The molecule has 2 rings (SSSR count). The van der Waals surface area contributed by atoms with E-state index < -0.39 is 0 Å². The number of pyridine rings is 1. The molecule has 1 aromatic heterocycles. The number of nitrogens with one attached hydrogen (secondary N) is 1. The summed E-state index contributed by atoms with van der Waals surface area (Å²) in [7, 11) is 0. The fraction of sp³-hybridized carbons (Fsp3) is 0.462. The van der Waals surface area contributed by atoms with Crippen LogP contribution in [0.5, 0.6) is 0 Å². The molecule has 0 bridgehead atoms. The molecule has 1 fully saturated rings. The standard InChI is InChI=1S/C13H17N3/c1-3-13(16-9-7-14-8-10-16)12-5-4-6-15-11(12)2/h1,4-6,13-14H,7-10H2,2H3/t13-/m1/s1. The quantitative estimate of drug-likeness (QED) is 0.745. The molecule has 0 spiro atoms. The molecule has 3 nitrogen and oxygen atoms in total. The lowest BCUT2D eigenvalue weighted by molar-refractivity contribution is 0.208. The predicted octanol–water partition coefficient (Wildman–Crippen LogP) is 0.970. The summed E-state index contributed by atoms with van der Waals surface area (Å²) in [5.41, 5.74) is 2.19. The topological polar surface area (TPSA) is 28.2 Å². The fourth-order valence-electron chi connectivity index (χ4n) is 2.12. The molecule has 0 aromatic carbocycles. The summed E-state index contributed by atoms with van der Waals surface area (Å²) >= 11 is 0. The highest BCUT2D eigenvalue weighted by atomic mass is 15.2. The Hall–Kier alpha value is -1.37. The lowest BCUT2D eigenvalue weighted by atomic mass is 10.0. The van der Waals surface area contributed by atoms with Gasteiger partial charge < -0.3 is 5.32 Å². The number of piperazine rings is 1. The summed E-state index contributed by atoms with van der Waals surface area (Å²) in [5.74, 6) is 2.89. The third-order valence-electron chi connectivity index (χ3n) is 3.02. The number of aryl methyl sites for hydroxylation is 1. The number of terminal acetylenes is 1. The average Bonchev–Trinajstić information content (AvgIpc) is 2.34. The first-order valence-electron chi connectivity index (χ1n) is 5.65. The minimum absolute atomic E-state index is 0.0656. The van der Waals surface area contributed by atoms with Gasteiger partial charge in [0.2, 0.25) is 0 Å². The van der Waals surface area contributed by atoms with Crippen LogP contribution in [0, 0.1) is 19.3 Å². The second-order valence-electron chi connectivity index (χ2n) is 4.03. The van der Waals surface area contributed by atoms with Gasteiger partial charge in [0.15, 0.2) is 0 Å². The minimum Gasteiger partial charge on any atom is -0.314 e. The first-order chi connectivity index (χ1) is 7.83. The lowest BCUT2D eigenvalue weighted by Gasteiger charge is -2.32. The molecule has 3 heteroatoms. The summed E-state index contributed by atoms with van der Waals surface area (Å²) < 4.78 is 0. The van der Waals surface area contributed by atoms with E-state index in [2.05, 4.69) is 27.2 Å². The highest BCUT2D eigenvalue weighted by molar-refractivity contribution is 5.29. The van der Waals surface area contributed by atoms with Crippen molar-refractivity contribution in [2.75, 3.05) is 26.2 Å². The van der Waals surface area contributed by atoms with E-state index in [4.69, 9.17) is 6.42 Å². The van der Waals surface area contributed by atoms with E-state index in [1.807, 2.05) is 19.2 Å². The number of aromatic nitrogens is 1. The molecule has 1 atom stereocenters. The van der Waals surface area contributed by atoms with Crippen LogP contribution in [-0.4, -0.2) is 36.1 Å². The minimum atomic E-state index is 0.0656. The molecule has 0 aliphatic carbocycles. The van der Waals surface area contributed by atoms with Crippen LogP contribution in [0.25, 0.3) is 0 Å². The Bertz CT molecular complexity index is 388. The molecule has 1 aliphatic rings. The molecular formula is C13H17N3. The summed E-state index contributed by atoms with van der Waals surface area (Å²) in [4.78, 5) is 6.64. The van der Waals surface area contributed by atoms with Crippen LogP contribution < -0.4 is 5.32 Å². The van der Waals surface area contributed by atoms with Crippen molar-refractivity contribution in [3.8, 4) is 12.3 Å². The van der Waals surface area contributed by atoms with Gasteiger partial charge in [0.1, 0.15) is 0 Å². The van der Waals surface area contributed by atoms with Crippen molar-refractivity contribution in [3.05, 3.63) is 29.6 Å². The number of hydrogen-bond donors (Lipinski definition) is 1. The van der Waals surface area contributed by atoms with Crippen LogP contribution in [0.4, 0.5) is 0 Å². The summed E-state index contributed by atoms with van der Waals surface area (Å²) in [6, 6.07) is 4.10. The number of nitrogens with zero attached hydrogens (tertiary/aromatic N) is 2. The van der Waals surface area contributed by atoms with Crippen molar-refractivity contribution in [1.29, 1.82) is 0 Å². The van der Waals surface area contributed by atoms with E-state index in [1.165, 1.54) is 0 Å². The van der Waals surface area contributed by atoms with Crippen LogP contribution in [0.1, 0.15) is 17.3 Å². The van der Waals surface area contributed by atoms with Gasteiger partial charge in [-0.05, 0) is 13.0 Å². The van der Waals surface area contributed by atoms with Crippen LogP contribution >= 0.6 is 0 Å². The van der Waals surface area contributed by atoms with E-state index in [0.29, 0.717) is 0 Å². The third kappa shape index (κ3) is 2.24. The van der Waals surface area contributed by atoms with Crippen LogP contribution in [0.15, 0.2) is 18.3 Å². The van der Waals surface area contributed by atoms with Crippen molar-refractivity contribution in [1.82, 2.24) is 15.2 Å². The smallest absolute Gasteiger partial charge is 0.0986 e. The van der Waals surface area contributed by atoms with E-state index in [-0.39, 0.29) is 6.04 Å². The van der Waals surface area contributed by atoms with Crippen LogP contribution in [0.2, 0.25) is 0 Å². The van der Waals surface area contributed by atoms with Crippen LogP contribution in [0.3, 0.4) is 0 Å². The normalized spacial score (nSPS) is 19.0. The predicted molar refractivity (Wildman–Crippen MR) is 65.0 cm³/mol. The zero-order chi connectivity index (χ0) is 11.4. The van der Waals surface area contributed by atoms with E-state index in [9.17, 15) is 0 Å². The molecule has 84 valence electrons. The van der Waals surface area contributed by atoms with Gasteiger partial charge in [0.05, 0.1) is 6.04 Å². The van der Waals surface area contributed by atoms with Gasteiger partial charge in [0.25, 0.3) is 0 Å². The largest absolute Gasteiger partial charge is 0.314 e. The third-order valence-corrected chi connectivity index (χ3v) is 3.02. The average molecular weight is 215 g/mol. The highest BCUT2D eigenvalue weighted by Gasteiger charge is 2.21. The molecule has 0 unspecified atom stereocenters. The van der Waals surface area contributed by atoms with Crippen molar-refractivity contribution < 1.29 is 0 Å². The molecule has 2 heterocycles. The Morgan fingerprint density at radius 2 is 2.25 bits per heavy atom. The molecule has 1 saturated heterocycles. The van der Waals surface area contributed by atoms with Gasteiger partial charge in [-0.2, -0.15) is 0 Å². The van der Waals surface area contributed by atoms with Crippen LogP contribution in [-0.2, 0) is 0 Å². The van der Waals surface area contributed by atoms with Gasteiger partial charge in [-0.15, -0.1) is 6.42 Å². The van der Waals surface area contributed by atoms with E-state index >= 15 is 0 Å². The SMILES string of the molecule is C#C[C@H](c1cccnc1C)N1CCNCC1. The molecule has 0 amide bonds. The summed E-state index contributed by atoms with van der Waals surface area (Å²) in [6.45, 7) is 6.04. The summed E-state index contributed by atoms with van der Waals surface area (Å²) in [6.07, 6.45) is 7.47. The maximum Gasteiger partial charge on any atom is 0.0986 e. The first-order valence-corrected chi connectivity index (χ1v) is 5.65. The Morgan fingerprint density at radius 3 is 2.88 bits per heavy atom. The maximum atomic E-state index is 5.66. The monoisotopic (exact) mass is 215 g/mol. The number of hydrogen-bond acceptors (Lipinski definition) is 3. The zero-order valence-corrected chi connectivity index (χ0v) is 9.61. The molecule has 16 heavy (non-hydrogen) atoms. The molecule has 0 radical (unpaired) electrons. The Morgan fingerprint density at radius 1 is 1.50 bits per heavy atom. The van der Waals surface area contributed by atoms with Gasteiger partial charge in [0, 0.05) is 43.6 Å². The van der Waals surface area contributed by atoms with Gasteiger partial charge in [-0.1, -0.05) is 12.0 Å². The van der Waals surface area contributed by atoms with Gasteiger partial charge in [-0.25, -0.2) is 0 Å². The Labute approximate surface area is 96.9 Å². The van der Waals surface area contributed by atoms with Crippen molar-refractivity contribution in [2.24, 2.45) is 0 Å². The second kappa shape index (κ2) is 5.11. The summed E-state index contributed by atoms with van der Waals surface area (Å²) in [5, 5.41) is 3.33. The fourth-order valence-corrected chi connectivity index (χ4v) is 2.12. The molecule has 1 N–H and O–H groups in total. The van der Waals surface area contributed by atoms with E-state index in [1.54, 1.807) is 0 Å². The Kier molecular flexibility index (Phi) is 3.55. The lowest BCUT2D eigenvalue weighted by Crippen LogP contribution is -2.45. The molecule has 1 aromatic rings. The van der Waals surface area contributed by atoms with Crippen molar-refractivity contribution in [3.63, 3.8) is 0 Å². The maximum absolute atomic E-state index is 5.66.